The maximum absolute atomic E-state index is 11.8. The molecule has 2 unspecified atom stereocenters. The largest absolute Gasteiger partial charge is 0.459 e. The standard InChI is InChI=1S/C12H12ClNO5S/c1-9(20(13,17)18)11(14-8-15)12(16)19-7-10-5-3-2-4-6-10/h2-6,9,11H,7H2,1H3. The van der Waals surface area contributed by atoms with Crippen LogP contribution in [0.2, 0.25) is 0 Å². The highest BCUT2D eigenvalue weighted by Gasteiger charge is 2.34. The Morgan fingerprint density at radius 3 is 2.50 bits per heavy atom. The molecule has 1 rings (SSSR count). The molecule has 20 heavy (non-hydrogen) atoms. The van der Waals surface area contributed by atoms with E-state index in [0.717, 1.165) is 18.6 Å². The van der Waals surface area contributed by atoms with E-state index in [1.807, 2.05) is 0 Å². The summed E-state index contributed by atoms with van der Waals surface area (Å²) in [6, 6.07) is 7.25. The quantitative estimate of drug-likeness (QED) is 0.342. The molecule has 0 spiro atoms. The minimum atomic E-state index is -4.05. The number of aliphatic imine (C=N–C) groups is 1. The molecule has 6 nitrogen and oxygen atoms in total. The number of nitrogens with zero attached hydrogens (tertiary/aromatic N) is 1. The Labute approximate surface area is 120 Å². The van der Waals surface area contributed by atoms with Crippen molar-refractivity contribution in [2.24, 2.45) is 4.99 Å². The van der Waals surface area contributed by atoms with Crippen molar-refractivity contribution >= 4 is 31.8 Å². The van der Waals surface area contributed by atoms with Gasteiger partial charge in [-0.1, -0.05) is 30.3 Å². The fourth-order valence-electron chi connectivity index (χ4n) is 1.37. The molecule has 0 aromatic heterocycles. The van der Waals surface area contributed by atoms with Gasteiger partial charge in [0.05, 0.1) is 0 Å². The Bertz CT molecular complexity index is 610. The van der Waals surface area contributed by atoms with E-state index in [0.29, 0.717) is 0 Å². The van der Waals surface area contributed by atoms with Gasteiger partial charge in [0.15, 0.2) is 6.04 Å². The van der Waals surface area contributed by atoms with Crippen molar-refractivity contribution in [1.29, 1.82) is 0 Å². The molecule has 0 bridgehead atoms. The number of esters is 1. The summed E-state index contributed by atoms with van der Waals surface area (Å²) in [6.45, 7) is 1.11. The van der Waals surface area contributed by atoms with Gasteiger partial charge in [0.1, 0.15) is 11.9 Å². The first-order chi connectivity index (χ1) is 9.36. The molecule has 1 aromatic rings. The third-order valence-electron chi connectivity index (χ3n) is 2.55. The molecule has 0 aliphatic carbocycles. The molecule has 8 heteroatoms. The number of hydrogen-bond acceptors (Lipinski definition) is 6. The van der Waals surface area contributed by atoms with Crippen LogP contribution in [-0.2, 0) is 30.0 Å². The van der Waals surface area contributed by atoms with E-state index >= 15 is 0 Å². The summed E-state index contributed by atoms with van der Waals surface area (Å²) in [6.07, 6.45) is 1.15. The Morgan fingerprint density at radius 1 is 1.40 bits per heavy atom. The monoisotopic (exact) mass is 317 g/mol. The van der Waals surface area contributed by atoms with E-state index in [9.17, 15) is 18.0 Å². The van der Waals surface area contributed by atoms with Crippen molar-refractivity contribution in [3.63, 3.8) is 0 Å². The van der Waals surface area contributed by atoms with Crippen LogP contribution in [-0.4, -0.2) is 31.8 Å². The van der Waals surface area contributed by atoms with Crippen molar-refractivity contribution < 1.29 is 22.7 Å². The lowest BCUT2D eigenvalue weighted by Crippen LogP contribution is -2.35. The molecule has 0 N–H and O–H groups in total. The van der Waals surface area contributed by atoms with Crippen LogP contribution in [0.4, 0.5) is 0 Å². The summed E-state index contributed by atoms with van der Waals surface area (Å²) in [5, 5.41) is -1.38. The molecular formula is C12H12ClNO5S. The molecule has 0 saturated carbocycles. The summed E-state index contributed by atoms with van der Waals surface area (Å²) in [5.74, 6) is -0.950. The molecular weight excluding hydrogens is 306 g/mol. The number of carbonyl (C=O) groups is 1. The normalized spacial score (nSPS) is 13.9. The van der Waals surface area contributed by atoms with E-state index in [2.05, 4.69) is 4.99 Å². The third kappa shape index (κ3) is 4.77. The van der Waals surface area contributed by atoms with Crippen LogP contribution in [0.3, 0.4) is 0 Å². The fourth-order valence-corrected chi connectivity index (χ4v) is 2.15. The van der Waals surface area contributed by atoms with Gasteiger partial charge in [-0.3, -0.25) is 0 Å². The number of ether oxygens (including phenoxy) is 1. The molecule has 0 saturated heterocycles. The number of carbonyl (C=O) groups excluding carboxylic acids is 2. The SMILES string of the molecule is CC(C(N=C=O)C(=O)OCc1ccccc1)S(=O)(=O)Cl. The lowest BCUT2D eigenvalue weighted by atomic mass is 10.2. The Hall–Kier alpha value is -1.69. The second-order valence-corrected chi connectivity index (χ2v) is 6.92. The van der Waals surface area contributed by atoms with Crippen molar-refractivity contribution in [3.8, 4) is 0 Å². The zero-order valence-corrected chi connectivity index (χ0v) is 12.1. The first-order valence-corrected chi connectivity index (χ1v) is 7.94. The summed E-state index contributed by atoms with van der Waals surface area (Å²) < 4.78 is 27.3. The van der Waals surface area contributed by atoms with Crippen LogP contribution in [0.5, 0.6) is 0 Å². The van der Waals surface area contributed by atoms with Crippen LogP contribution >= 0.6 is 10.7 Å². The number of halogens is 1. The van der Waals surface area contributed by atoms with Crippen LogP contribution < -0.4 is 0 Å². The van der Waals surface area contributed by atoms with Gasteiger partial charge in [0.2, 0.25) is 15.1 Å². The lowest BCUT2D eigenvalue weighted by molar-refractivity contribution is -0.146. The zero-order chi connectivity index (χ0) is 15.2. The highest BCUT2D eigenvalue weighted by Crippen LogP contribution is 2.15. The molecule has 1 aromatic carbocycles. The van der Waals surface area contributed by atoms with Crippen molar-refractivity contribution in [2.45, 2.75) is 24.8 Å². The topological polar surface area (TPSA) is 89.9 Å². The van der Waals surface area contributed by atoms with Gasteiger partial charge in [0.25, 0.3) is 0 Å². The van der Waals surface area contributed by atoms with Gasteiger partial charge >= 0.3 is 5.97 Å². The minimum absolute atomic E-state index is 0.0559. The first-order valence-electron chi connectivity index (χ1n) is 5.57. The molecule has 0 fully saturated rings. The van der Waals surface area contributed by atoms with Gasteiger partial charge in [-0.15, -0.1) is 0 Å². The Kier molecular flexibility index (Phi) is 5.88. The lowest BCUT2D eigenvalue weighted by Gasteiger charge is -2.15. The Morgan fingerprint density at radius 2 is 2.00 bits per heavy atom. The summed E-state index contributed by atoms with van der Waals surface area (Å²) in [5.41, 5.74) is 0.719. The van der Waals surface area contributed by atoms with Gasteiger partial charge in [-0.2, -0.15) is 4.99 Å². The van der Waals surface area contributed by atoms with Crippen LogP contribution in [0, 0.1) is 0 Å². The maximum Gasteiger partial charge on any atom is 0.333 e. The van der Waals surface area contributed by atoms with Gasteiger partial charge in [0, 0.05) is 10.7 Å². The molecule has 2 atom stereocenters. The number of benzene rings is 1. The summed E-state index contributed by atoms with van der Waals surface area (Å²) in [7, 11) is 1.10. The van der Waals surface area contributed by atoms with Crippen molar-refractivity contribution in [1.82, 2.24) is 0 Å². The number of rotatable bonds is 6. The predicted molar refractivity (Wildman–Crippen MR) is 72.4 cm³/mol. The van der Waals surface area contributed by atoms with Crippen LogP contribution in [0.1, 0.15) is 12.5 Å². The number of hydrogen-bond donors (Lipinski definition) is 0. The first kappa shape index (κ1) is 16.4. The average Bonchev–Trinajstić information content (AvgIpc) is 2.41. The second kappa shape index (κ2) is 7.19. The van der Waals surface area contributed by atoms with E-state index < -0.39 is 26.3 Å². The number of isocyanates is 1. The molecule has 0 radical (unpaired) electrons. The molecule has 108 valence electrons. The van der Waals surface area contributed by atoms with Gasteiger partial charge < -0.3 is 4.74 Å². The van der Waals surface area contributed by atoms with E-state index in [1.54, 1.807) is 30.3 Å². The second-order valence-electron chi connectivity index (χ2n) is 3.94. The molecule has 0 heterocycles. The highest BCUT2D eigenvalue weighted by molar-refractivity contribution is 8.14. The molecule has 0 aliphatic rings. The van der Waals surface area contributed by atoms with Crippen LogP contribution in [0.25, 0.3) is 0 Å². The van der Waals surface area contributed by atoms with Crippen molar-refractivity contribution in [2.75, 3.05) is 0 Å². The summed E-state index contributed by atoms with van der Waals surface area (Å²) in [4.78, 5) is 25.2. The zero-order valence-electron chi connectivity index (χ0n) is 10.5. The Balaban J connectivity index is 2.78. The van der Waals surface area contributed by atoms with Crippen LogP contribution in [0.15, 0.2) is 35.3 Å². The molecule has 0 amide bonds. The van der Waals surface area contributed by atoms with E-state index in [1.165, 1.54) is 0 Å². The average molecular weight is 318 g/mol. The van der Waals surface area contributed by atoms with Crippen molar-refractivity contribution in [3.05, 3.63) is 35.9 Å². The highest BCUT2D eigenvalue weighted by atomic mass is 35.7. The summed E-state index contributed by atoms with van der Waals surface area (Å²) >= 11 is 0. The van der Waals surface area contributed by atoms with E-state index in [4.69, 9.17) is 15.4 Å². The van der Waals surface area contributed by atoms with E-state index in [-0.39, 0.29) is 6.61 Å². The fraction of sp³-hybridized carbons (Fsp3) is 0.333. The maximum atomic E-state index is 11.8. The third-order valence-corrected chi connectivity index (χ3v) is 4.54. The van der Waals surface area contributed by atoms with Gasteiger partial charge in [-0.05, 0) is 12.5 Å². The van der Waals surface area contributed by atoms with Gasteiger partial charge in [-0.25, -0.2) is 18.0 Å². The molecule has 0 aliphatic heterocycles. The minimum Gasteiger partial charge on any atom is -0.459 e. The smallest absolute Gasteiger partial charge is 0.333 e. The predicted octanol–water partition coefficient (Wildman–Crippen LogP) is 1.39.